The van der Waals surface area contributed by atoms with Crippen molar-refractivity contribution in [2.24, 2.45) is 0 Å². The van der Waals surface area contributed by atoms with E-state index in [0.29, 0.717) is 6.04 Å². The van der Waals surface area contributed by atoms with Crippen molar-refractivity contribution in [3.05, 3.63) is 18.0 Å². The van der Waals surface area contributed by atoms with Crippen LogP contribution in [0.3, 0.4) is 0 Å². The van der Waals surface area contributed by atoms with E-state index < -0.39 is 0 Å². The highest BCUT2D eigenvalue weighted by Crippen LogP contribution is 2.13. The summed E-state index contributed by atoms with van der Waals surface area (Å²) >= 11 is 0. The van der Waals surface area contributed by atoms with Crippen molar-refractivity contribution >= 4 is 0 Å². The van der Waals surface area contributed by atoms with Gasteiger partial charge in [-0.15, -0.1) is 0 Å². The van der Waals surface area contributed by atoms with Gasteiger partial charge >= 0.3 is 0 Å². The van der Waals surface area contributed by atoms with Crippen molar-refractivity contribution in [2.75, 3.05) is 13.1 Å². The molecule has 2 heterocycles. The Kier molecular flexibility index (Phi) is 3.41. The van der Waals surface area contributed by atoms with Crippen LogP contribution in [0.4, 0.5) is 0 Å². The first kappa shape index (κ1) is 10.7. The molecule has 0 saturated carbocycles. The zero-order valence-electron chi connectivity index (χ0n) is 9.82. The van der Waals surface area contributed by atoms with Gasteiger partial charge in [0.2, 0.25) is 0 Å². The fourth-order valence-corrected chi connectivity index (χ4v) is 2.12. The fourth-order valence-electron chi connectivity index (χ4n) is 2.12. The van der Waals surface area contributed by atoms with E-state index in [-0.39, 0.29) is 0 Å². The minimum Gasteiger partial charge on any atom is -0.299 e. The summed E-state index contributed by atoms with van der Waals surface area (Å²) in [4.78, 5) is 2.53. The van der Waals surface area contributed by atoms with E-state index in [9.17, 15) is 0 Å². The molecule has 15 heavy (non-hydrogen) atoms. The Morgan fingerprint density at radius 2 is 2.00 bits per heavy atom. The summed E-state index contributed by atoms with van der Waals surface area (Å²) in [6.45, 7) is 7.92. The summed E-state index contributed by atoms with van der Waals surface area (Å²) < 4.78 is 2.04. The summed E-state index contributed by atoms with van der Waals surface area (Å²) in [7, 11) is 0. The first-order valence-corrected chi connectivity index (χ1v) is 6.01. The van der Waals surface area contributed by atoms with E-state index in [4.69, 9.17) is 0 Å². The van der Waals surface area contributed by atoms with Crippen LogP contribution in [0.5, 0.6) is 0 Å². The van der Waals surface area contributed by atoms with Crippen molar-refractivity contribution in [1.29, 1.82) is 0 Å². The Morgan fingerprint density at radius 1 is 1.27 bits per heavy atom. The number of hydrogen-bond donors (Lipinski definition) is 0. The molecular formula is C12H21N3. The van der Waals surface area contributed by atoms with Gasteiger partial charge in [-0.3, -0.25) is 9.58 Å². The smallest absolute Gasteiger partial charge is 0.0534 e. The minimum atomic E-state index is 0.472. The number of aromatic nitrogens is 2. The van der Waals surface area contributed by atoms with Gasteiger partial charge in [-0.05, 0) is 39.8 Å². The quantitative estimate of drug-likeness (QED) is 0.759. The van der Waals surface area contributed by atoms with Crippen LogP contribution in [0.25, 0.3) is 0 Å². The molecule has 1 aliphatic heterocycles. The molecular weight excluding hydrogens is 186 g/mol. The third-order valence-corrected chi connectivity index (χ3v) is 3.04. The molecule has 84 valence electrons. The topological polar surface area (TPSA) is 21.1 Å². The van der Waals surface area contributed by atoms with Crippen LogP contribution >= 0.6 is 0 Å². The molecule has 0 atom stereocenters. The standard InChI is InChI=1S/C12H21N3/c1-11(2)15-10-12(8-13-15)9-14-6-4-3-5-7-14/h8,10-11H,3-7,9H2,1-2H3. The van der Waals surface area contributed by atoms with E-state index in [1.165, 1.54) is 37.9 Å². The molecule has 0 amide bonds. The normalized spacial score (nSPS) is 18.6. The Labute approximate surface area is 92.1 Å². The Morgan fingerprint density at radius 3 is 2.60 bits per heavy atom. The minimum absolute atomic E-state index is 0.472. The van der Waals surface area contributed by atoms with E-state index in [1.54, 1.807) is 0 Å². The third-order valence-electron chi connectivity index (χ3n) is 3.04. The van der Waals surface area contributed by atoms with Crippen LogP contribution in [-0.2, 0) is 6.54 Å². The lowest BCUT2D eigenvalue weighted by Crippen LogP contribution is -2.28. The molecule has 1 saturated heterocycles. The van der Waals surface area contributed by atoms with E-state index in [0.717, 1.165) is 6.54 Å². The molecule has 0 radical (unpaired) electrons. The van der Waals surface area contributed by atoms with Gasteiger partial charge in [0.25, 0.3) is 0 Å². The second-order valence-corrected chi connectivity index (χ2v) is 4.76. The number of rotatable bonds is 3. The van der Waals surface area contributed by atoms with Gasteiger partial charge in [0, 0.05) is 24.3 Å². The van der Waals surface area contributed by atoms with E-state index in [2.05, 4.69) is 30.0 Å². The van der Waals surface area contributed by atoms with Gasteiger partial charge in [0.05, 0.1) is 6.20 Å². The highest BCUT2D eigenvalue weighted by Gasteiger charge is 2.11. The molecule has 0 unspecified atom stereocenters. The second-order valence-electron chi connectivity index (χ2n) is 4.76. The van der Waals surface area contributed by atoms with Crippen molar-refractivity contribution in [3.63, 3.8) is 0 Å². The zero-order valence-corrected chi connectivity index (χ0v) is 9.82. The summed E-state index contributed by atoms with van der Waals surface area (Å²) in [6.07, 6.45) is 8.31. The van der Waals surface area contributed by atoms with E-state index in [1.807, 2.05) is 10.9 Å². The monoisotopic (exact) mass is 207 g/mol. The lowest BCUT2D eigenvalue weighted by molar-refractivity contribution is 0.221. The van der Waals surface area contributed by atoms with Crippen LogP contribution in [0, 0.1) is 0 Å². The largest absolute Gasteiger partial charge is 0.299 e. The van der Waals surface area contributed by atoms with Gasteiger partial charge in [-0.25, -0.2) is 0 Å². The van der Waals surface area contributed by atoms with Crippen LogP contribution < -0.4 is 0 Å². The van der Waals surface area contributed by atoms with Gasteiger partial charge < -0.3 is 0 Å². The molecule has 1 fully saturated rings. The number of hydrogen-bond acceptors (Lipinski definition) is 2. The van der Waals surface area contributed by atoms with E-state index >= 15 is 0 Å². The maximum atomic E-state index is 4.37. The van der Waals surface area contributed by atoms with Crippen molar-refractivity contribution < 1.29 is 0 Å². The molecule has 0 aromatic carbocycles. The summed E-state index contributed by atoms with van der Waals surface area (Å²) in [6, 6.07) is 0.472. The highest BCUT2D eigenvalue weighted by atomic mass is 15.3. The molecule has 1 aliphatic rings. The molecule has 3 heteroatoms. The van der Waals surface area contributed by atoms with Crippen molar-refractivity contribution in [1.82, 2.24) is 14.7 Å². The maximum absolute atomic E-state index is 4.37. The Balaban J connectivity index is 1.91. The predicted molar refractivity (Wildman–Crippen MR) is 61.7 cm³/mol. The predicted octanol–water partition coefficient (Wildman–Crippen LogP) is 2.45. The molecule has 0 bridgehead atoms. The second kappa shape index (κ2) is 4.79. The number of likely N-dealkylation sites (tertiary alicyclic amines) is 1. The van der Waals surface area contributed by atoms with Crippen LogP contribution in [0.1, 0.15) is 44.7 Å². The van der Waals surface area contributed by atoms with Crippen molar-refractivity contribution in [2.45, 2.75) is 45.7 Å². The average Bonchev–Trinajstić information content (AvgIpc) is 2.68. The van der Waals surface area contributed by atoms with Gasteiger partial charge in [0.15, 0.2) is 0 Å². The van der Waals surface area contributed by atoms with Crippen LogP contribution in [0.2, 0.25) is 0 Å². The van der Waals surface area contributed by atoms with Crippen LogP contribution in [-0.4, -0.2) is 27.8 Å². The van der Waals surface area contributed by atoms with Gasteiger partial charge in [-0.1, -0.05) is 6.42 Å². The SMILES string of the molecule is CC(C)n1cc(CN2CCCCC2)cn1. The zero-order chi connectivity index (χ0) is 10.7. The summed E-state index contributed by atoms with van der Waals surface area (Å²) in [5.41, 5.74) is 1.35. The fraction of sp³-hybridized carbons (Fsp3) is 0.750. The molecule has 1 aromatic heterocycles. The number of piperidine rings is 1. The lowest BCUT2D eigenvalue weighted by Gasteiger charge is -2.25. The molecule has 1 aromatic rings. The first-order chi connectivity index (χ1) is 7.25. The number of nitrogens with zero attached hydrogens (tertiary/aromatic N) is 3. The molecule has 2 rings (SSSR count). The third kappa shape index (κ3) is 2.81. The highest BCUT2D eigenvalue weighted by molar-refractivity contribution is 5.04. The summed E-state index contributed by atoms with van der Waals surface area (Å²) in [5.74, 6) is 0. The maximum Gasteiger partial charge on any atom is 0.0534 e. The first-order valence-electron chi connectivity index (χ1n) is 6.01. The molecule has 3 nitrogen and oxygen atoms in total. The van der Waals surface area contributed by atoms with Crippen LogP contribution in [0.15, 0.2) is 12.4 Å². The Bertz CT molecular complexity index is 298. The molecule has 0 N–H and O–H groups in total. The van der Waals surface area contributed by atoms with Gasteiger partial charge in [-0.2, -0.15) is 5.10 Å². The van der Waals surface area contributed by atoms with Gasteiger partial charge in [0.1, 0.15) is 0 Å². The summed E-state index contributed by atoms with van der Waals surface area (Å²) in [5, 5.41) is 4.37. The molecule has 0 spiro atoms. The Hall–Kier alpha value is -0.830. The lowest BCUT2D eigenvalue weighted by atomic mass is 10.1. The van der Waals surface area contributed by atoms with Crippen molar-refractivity contribution in [3.8, 4) is 0 Å². The molecule has 0 aliphatic carbocycles. The average molecular weight is 207 g/mol.